The van der Waals surface area contributed by atoms with Gasteiger partial charge in [-0.3, -0.25) is 4.79 Å². The molecular weight excluding hydrogens is 508 g/mol. The number of nitrogen functional groups attached to an aromatic ring is 1. The first kappa shape index (κ1) is 27.5. The quantitative estimate of drug-likeness (QED) is 0.416. The van der Waals surface area contributed by atoms with Crippen molar-refractivity contribution in [2.75, 3.05) is 46.1 Å². The highest BCUT2D eigenvalue weighted by Gasteiger charge is 2.28. The molecule has 2 aliphatic rings. The molecule has 9 heteroatoms. The van der Waals surface area contributed by atoms with Gasteiger partial charge in [-0.15, -0.1) is 0 Å². The van der Waals surface area contributed by atoms with Crippen molar-refractivity contribution in [2.45, 2.75) is 38.3 Å². The molecule has 3 heterocycles. The van der Waals surface area contributed by atoms with Gasteiger partial charge in [0.2, 0.25) is 0 Å². The van der Waals surface area contributed by atoms with Gasteiger partial charge in [-0.1, -0.05) is 18.2 Å². The van der Waals surface area contributed by atoms with Crippen LogP contribution in [0, 0.1) is 0 Å². The number of anilines is 1. The summed E-state index contributed by atoms with van der Waals surface area (Å²) < 4.78 is 16.2. The Bertz CT molecular complexity index is 1350. The second-order valence-electron chi connectivity index (χ2n) is 10.3. The molecule has 2 aromatic carbocycles. The normalized spacial score (nSPS) is 16.1. The Balaban J connectivity index is 1.23. The molecule has 9 nitrogen and oxygen atoms in total. The number of rotatable bonds is 8. The molecule has 0 unspecified atom stereocenters. The highest BCUT2D eigenvalue weighted by Crippen LogP contribution is 2.30. The minimum Gasteiger partial charge on any atom is -0.496 e. The maximum Gasteiger partial charge on any atom is 0.337 e. The summed E-state index contributed by atoms with van der Waals surface area (Å²) in [5.74, 6) is 0.835. The molecule has 2 fully saturated rings. The van der Waals surface area contributed by atoms with Gasteiger partial charge in [-0.05, 0) is 74.7 Å². The lowest BCUT2D eigenvalue weighted by Gasteiger charge is -2.36. The monoisotopic (exact) mass is 544 g/mol. The maximum atomic E-state index is 13.1. The molecule has 0 radical (unpaired) electrons. The van der Waals surface area contributed by atoms with E-state index in [1.54, 1.807) is 24.4 Å². The van der Waals surface area contributed by atoms with E-state index in [9.17, 15) is 9.59 Å². The van der Waals surface area contributed by atoms with Gasteiger partial charge < -0.3 is 29.7 Å². The van der Waals surface area contributed by atoms with E-state index in [0.717, 1.165) is 42.6 Å². The first-order chi connectivity index (χ1) is 19.5. The summed E-state index contributed by atoms with van der Waals surface area (Å²) in [5, 5.41) is 0. The van der Waals surface area contributed by atoms with E-state index < -0.39 is 5.97 Å². The first-order valence-electron chi connectivity index (χ1n) is 13.7. The molecule has 40 heavy (non-hydrogen) atoms. The van der Waals surface area contributed by atoms with Crippen LogP contribution in [0.4, 0.5) is 5.82 Å². The number of ether oxygens (including phenoxy) is 3. The van der Waals surface area contributed by atoms with Crippen LogP contribution in [0.2, 0.25) is 0 Å². The fourth-order valence-corrected chi connectivity index (χ4v) is 5.52. The van der Waals surface area contributed by atoms with Crippen molar-refractivity contribution in [2.24, 2.45) is 0 Å². The standard InChI is InChI=1S/C31H36N4O5/c1-38-27-17-23(31(37)39-2)9-10-24(27)20-40-28-18-25(19-33-29(28)32)21-5-7-22(8-6-21)30(36)35-15-11-26(12-16-35)34-13-3-4-14-34/h5-10,17-19,26H,3-4,11-16,20H2,1-2H3,(H2,32,33). The van der Waals surface area contributed by atoms with Crippen molar-refractivity contribution in [1.82, 2.24) is 14.8 Å². The highest BCUT2D eigenvalue weighted by atomic mass is 16.5. The third kappa shape index (κ3) is 6.04. The molecule has 2 saturated heterocycles. The van der Waals surface area contributed by atoms with Crippen LogP contribution in [-0.4, -0.2) is 73.1 Å². The summed E-state index contributed by atoms with van der Waals surface area (Å²) >= 11 is 0. The fraction of sp³-hybridized carbons (Fsp3) is 0.387. The topological polar surface area (TPSA) is 107 Å². The Hall–Kier alpha value is -4.11. The number of aromatic nitrogens is 1. The first-order valence-corrected chi connectivity index (χ1v) is 13.7. The van der Waals surface area contributed by atoms with Crippen LogP contribution in [0.5, 0.6) is 11.5 Å². The van der Waals surface area contributed by atoms with E-state index in [0.29, 0.717) is 28.7 Å². The van der Waals surface area contributed by atoms with E-state index in [2.05, 4.69) is 9.88 Å². The molecule has 5 rings (SSSR count). The van der Waals surface area contributed by atoms with Crippen LogP contribution < -0.4 is 15.2 Å². The van der Waals surface area contributed by atoms with Gasteiger partial charge in [0.05, 0.1) is 19.8 Å². The number of amides is 1. The Kier molecular flexibility index (Phi) is 8.50. The van der Waals surface area contributed by atoms with Crippen molar-refractivity contribution in [3.8, 4) is 22.6 Å². The molecule has 0 saturated carbocycles. The van der Waals surface area contributed by atoms with Gasteiger partial charge in [0.1, 0.15) is 12.4 Å². The average molecular weight is 545 g/mol. The average Bonchev–Trinajstić information content (AvgIpc) is 3.55. The largest absolute Gasteiger partial charge is 0.496 e. The third-order valence-corrected chi connectivity index (χ3v) is 7.85. The zero-order chi connectivity index (χ0) is 28.1. The van der Waals surface area contributed by atoms with Crippen LogP contribution in [0.25, 0.3) is 11.1 Å². The predicted molar refractivity (Wildman–Crippen MR) is 152 cm³/mol. The summed E-state index contributed by atoms with van der Waals surface area (Å²) in [7, 11) is 2.86. The number of hydrogen-bond acceptors (Lipinski definition) is 8. The van der Waals surface area contributed by atoms with Gasteiger partial charge in [0, 0.05) is 42.0 Å². The van der Waals surface area contributed by atoms with Crippen LogP contribution >= 0.6 is 0 Å². The highest BCUT2D eigenvalue weighted by molar-refractivity contribution is 5.94. The summed E-state index contributed by atoms with van der Waals surface area (Å²) in [6.45, 7) is 4.18. The molecule has 2 N–H and O–H groups in total. The third-order valence-electron chi connectivity index (χ3n) is 7.85. The molecule has 1 amide bonds. The number of nitrogens with two attached hydrogens (primary N) is 1. The lowest BCUT2D eigenvalue weighted by Crippen LogP contribution is -2.45. The number of piperidine rings is 1. The number of hydrogen-bond donors (Lipinski definition) is 1. The molecule has 0 atom stereocenters. The number of esters is 1. The SMILES string of the molecule is COC(=O)c1ccc(COc2cc(-c3ccc(C(=O)N4CCC(N5CCCC5)CC4)cc3)cnc2N)c(OC)c1. The molecule has 210 valence electrons. The second-order valence-corrected chi connectivity index (χ2v) is 10.3. The number of methoxy groups -OCH3 is 2. The number of likely N-dealkylation sites (tertiary alicyclic amines) is 2. The van der Waals surface area contributed by atoms with E-state index in [-0.39, 0.29) is 18.3 Å². The van der Waals surface area contributed by atoms with Crippen molar-refractivity contribution in [3.05, 3.63) is 71.4 Å². The van der Waals surface area contributed by atoms with Crippen LogP contribution in [0.1, 0.15) is 52.0 Å². The molecule has 1 aromatic heterocycles. The van der Waals surface area contributed by atoms with Gasteiger partial charge >= 0.3 is 5.97 Å². The van der Waals surface area contributed by atoms with Gasteiger partial charge in [0.15, 0.2) is 11.6 Å². The van der Waals surface area contributed by atoms with Gasteiger partial charge in [-0.2, -0.15) is 0 Å². The summed E-state index contributed by atoms with van der Waals surface area (Å²) in [6.07, 6.45) is 6.37. The minimum absolute atomic E-state index is 0.0815. The van der Waals surface area contributed by atoms with Crippen molar-refractivity contribution < 1.29 is 23.8 Å². The molecule has 0 bridgehead atoms. The molecule has 2 aliphatic heterocycles. The number of nitrogens with zero attached hydrogens (tertiary/aromatic N) is 3. The Morgan fingerprint density at radius 2 is 1.60 bits per heavy atom. The van der Waals surface area contributed by atoms with Crippen LogP contribution in [0.15, 0.2) is 54.7 Å². The predicted octanol–water partition coefficient (Wildman–Crippen LogP) is 4.41. The molecule has 0 spiro atoms. The number of pyridine rings is 1. The smallest absolute Gasteiger partial charge is 0.337 e. The summed E-state index contributed by atoms with van der Waals surface area (Å²) in [5.41, 5.74) is 9.64. The Morgan fingerprint density at radius 3 is 2.27 bits per heavy atom. The second kappa shape index (κ2) is 12.4. The van der Waals surface area contributed by atoms with Gasteiger partial charge in [-0.25, -0.2) is 9.78 Å². The fourth-order valence-electron chi connectivity index (χ4n) is 5.52. The minimum atomic E-state index is -0.443. The van der Waals surface area contributed by atoms with Crippen LogP contribution in [0.3, 0.4) is 0 Å². The molecule has 0 aliphatic carbocycles. The Labute approximate surface area is 234 Å². The number of carbonyl (C=O) groups is 2. The summed E-state index contributed by atoms with van der Waals surface area (Å²) in [6, 6.07) is 15.1. The van der Waals surface area contributed by atoms with Crippen molar-refractivity contribution in [1.29, 1.82) is 0 Å². The van der Waals surface area contributed by atoms with E-state index in [4.69, 9.17) is 19.9 Å². The summed E-state index contributed by atoms with van der Waals surface area (Å²) in [4.78, 5) is 33.9. The maximum absolute atomic E-state index is 13.1. The van der Waals surface area contributed by atoms with Crippen molar-refractivity contribution >= 4 is 17.7 Å². The van der Waals surface area contributed by atoms with E-state index in [1.807, 2.05) is 35.2 Å². The molecular formula is C31H36N4O5. The van der Waals surface area contributed by atoms with E-state index in [1.165, 1.54) is 40.2 Å². The number of carbonyl (C=O) groups excluding carboxylic acids is 2. The number of benzene rings is 2. The lowest BCUT2D eigenvalue weighted by atomic mass is 10.0. The zero-order valence-corrected chi connectivity index (χ0v) is 23.1. The van der Waals surface area contributed by atoms with E-state index >= 15 is 0 Å². The molecule has 3 aromatic rings. The van der Waals surface area contributed by atoms with Gasteiger partial charge in [0.25, 0.3) is 5.91 Å². The van der Waals surface area contributed by atoms with Crippen molar-refractivity contribution in [3.63, 3.8) is 0 Å². The Morgan fingerprint density at radius 1 is 0.900 bits per heavy atom. The van der Waals surface area contributed by atoms with Crippen LogP contribution in [-0.2, 0) is 11.3 Å². The zero-order valence-electron chi connectivity index (χ0n) is 23.1. The lowest BCUT2D eigenvalue weighted by molar-refractivity contribution is 0.0599.